The SMILES string of the molecule is CCCNC(C)c1ccccc1SC(C)C(C)O. The fourth-order valence-corrected chi connectivity index (χ4v) is 2.85. The lowest BCUT2D eigenvalue weighted by atomic mass is 10.1. The normalized spacial score (nSPS) is 16.3. The molecule has 18 heavy (non-hydrogen) atoms. The number of aliphatic hydroxyl groups is 1. The smallest absolute Gasteiger partial charge is 0.0631 e. The Morgan fingerprint density at radius 2 is 1.89 bits per heavy atom. The van der Waals surface area contributed by atoms with Crippen LogP contribution in [0.5, 0.6) is 0 Å². The highest BCUT2D eigenvalue weighted by atomic mass is 32.2. The standard InChI is InChI=1S/C15H25NOS/c1-5-10-16-11(2)14-8-6-7-9-15(14)18-13(4)12(3)17/h6-9,11-13,16-17H,5,10H2,1-4H3. The van der Waals surface area contributed by atoms with Crippen LogP contribution in [0, 0.1) is 0 Å². The highest BCUT2D eigenvalue weighted by Gasteiger charge is 2.15. The molecule has 1 aromatic carbocycles. The van der Waals surface area contributed by atoms with Crippen molar-refractivity contribution in [2.24, 2.45) is 0 Å². The average Bonchev–Trinajstić information content (AvgIpc) is 2.36. The minimum atomic E-state index is -0.290. The van der Waals surface area contributed by atoms with Gasteiger partial charge in [0, 0.05) is 16.2 Å². The van der Waals surface area contributed by atoms with Gasteiger partial charge >= 0.3 is 0 Å². The van der Waals surface area contributed by atoms with Crippen LogP contribution in [-0.4, -0.2) is 23.0 Å². The van der Waals surface area contributed by atoms with Crippen molar-refractivity contribution in [2.75, 3.05) is 6.54 Å². The van der Waals surface area contributed by atoms with E-state index in [2.05, 4.69) is 50.4 Å². The molecule has 2 nitrogen and oxygen atoms in total. The minimum absolute atomic E-state index is 0.213. The van der Waals surface area contributed by atoms with E-state index in [1.807, 2.05) is 6.92 Å². The van der Waals surface area contributed by atoms with Crippen LogP contribution in [0.15, 0.2) is 29.2 Å². The maximum absolute atomic E-state index is 9.62. The summed E-state index contributed by atoms with van der Waals surface area (Å²) in [6.07, 6.45) is 0.853. The number of hydrogen-bond acceptors (Lipinski definition) is 3. The van der Waals surface area contributed by atoms with Crippen LogP contribution in [0.2, 0.25) is 0 Å². The summed E-state index contributed by atoms with van der Waals surface area (Å²) in [5, 5.41) is 13.3. The lowest BCUT2D eigenvalue weighted by Crippen LogP contribution is -2.20. The Labute approximate surface area is 115 Å². The molecule has 0 fully saturated rings. The average molecular weight is 267 g/mol. The summed E-state index contributed by atoms with van der Waals surface area (Å²) in [4.78, 5) is 1.27. The molecule has 0 aliphatic carbocycles. The fourth-order valence-electron chi connectivity index (χ4n) is 1.72. The summed E-state index contributed by atoms with van der Waals surface area (Å²) in [5.74, 6) is 0. The van der Waals surface area contributed by atoms with Crippen LogP contribution >= 0.6 is 11.8 Å². The van der Waals surface area contributed by atoms with Crippen LogP contribution in [0.1, 0.15) is 45.7 Å². The molecule has 3 atom stereocenters. The highest BCUT2D eigenvalue weighted by Crippen LogP contribution is 2.31. The van der Waals surface area contributed by atoms with Gasteiger partial charge in [-0.25, -0.2) is 0 Å². The van der Waals surface area contributed by atoms with Gasteiger partial charge in [0.25, 0.3) is 0 Å². The number of thioether (sulfide) groups is 1. The van der Waals surface area contributed by atoms with Crippen LogP contribution in [0.25, 0.3) is 0 Å². The van der Waals surface area contributed by atoms with E-state index in [1.54, 1.807) is 11.8 Å². The van der Waals surface area contributed by atoms with Crippen molar-refractivity contribution in [3.63, 3.8) is 0 Å². The van der Waals surface area contributed by atoms with Gasteiger partial charge in [0.1, 0.15) is 0 Å². The van der Waals surface area contributed by atoms with E-state index in [0.29, 0.717) is 6.04 Å². The molecule has 1 aromatic rings. The largest absolute Gasteiger partial charge is 0.392 e. The number of rotatable bonds is 7. The highest BCUT2D eigenvalue weighted by molar-refractivity contribution is 8.00. The van der Waals surface area contributed by atoms with E-state index in [0.717, 1.165) is 13.0 Å². The van der Waals surface area contributed by atoms with Gasteiger partial charge in [0.05, 0.1) is 6.10 Å². The molecule has 0 saturated carbocycles. The van der Waals surface area contributed by atoms with Crippen molar-refractivity contribution in [1.29, 1.82) is 0 Å². The van der Waals surface area contributed by atoms with Crippen molar-refractivity contribution in [1.82, 2.24) is 5.32 Å². The Balaban J connectivity index is 2.78. The first-order chi connectivity index (χ1) is 8.56. The summed E-state index contributed by atoms with van der Waals surface area (Å²) >= 11 is 1.75. The van der Waals surface area contributed by atoms with Gasteiger partial charge < -0.3 is 10.4 Å². The number of hydrogen-bond donors (Lipinski definition) is 2. The first-order valence-corrected chi connectivity index (χ1v) is 7.61. The van der Waals surface area contributed by atoms with Crippen molar-refractivity contribution >= 4 is 11.8 Å². The lowest BCUT2D eigenvalue weighted by molar-refractivity contribution is 0.196. The second-order valence-corrected chi connectivity index (χ2v) is 6.20. The molecule has 0 bridgehead atoms. The summed E-state index contributed by atoms with van der Waals surface area (Å²) in [7, 11) is 0. The van der Waals surface area contributed by atoms with Crippen LogP contribution in [0.4, 0.5) is 0 Å². The second-order valence-electron chi connectivity index (χ2n) is 4.78. The third-order valence-electron chi connectivity index (χ3n) is 3.08. The molecule has 102 valence electrons. The van der Waals surface area contributed by atoms with Crippen molar-refractivity contribution in [3.05, 3.63) is 29.8 Å². The quantitative estimate of drug-likeness (QED) is 0.740. The topological polar surface area (TPSA) is 32.3 Å². The Morgan fingerprint density at radius 3 is 2.50 bits per heavy atom. The molecule has 1 rings (SSSR count). The second kappa shape index (κ2) is 7.82. The molecule has 0 radical (unpaired) electrons. The molecule has 0 aliphatic heterocycles. The fraction of sp³-hybridized carbons (Fsp3) is 0.600. The maximum atomic E-state index is 9.62. The zero-order chi connectivity index (χ0) is 13.5. The Bertz CT molecular complexity index is 354. The molecule has 0 heterocycles. The molecule has 0 aromatic heterocycles. The number of benzene rings is 1. The molecular weight excluding hydrogens is 242 g/mol. The van der Waals surface area contributed by atoms with E-state index in [1.165, 1.54) is 10.5 Å². The van der Waals surface area contributed by atoms with Gasteiger partial charge in [-0.3, -0.25) is 0 Å². The Hall–Kier alpha value is -0.510. The summed E-state index contributed by atoms with van der Waals surface area (Å²) < 4.78 is 0. The Morgan fingerprint density at radius 1 is 1.22 bits per heavy atom. The molecule has 0 amide bonds. The summed E-state index contributed by atoms with van der Waals surface area (Å²) in [5.41, 5.74) is 1.32. The zero-order valence-corrected chi connectivity index (χ0v) is 12.6. The Kier molecular flexibility index (Phi) is 6.76. The van der Waals surface area contributed by atoms with Crippen LogP contribution in [0.3, 0.4) is 0 Å². The van der Waals surface area contributed by atoms with E-state index >= 15 is 0 Å². The number of nitrogens with one attached hydrogen (secondary N) is 1. The van der Waals surface area contributed by atoms with E-state index < -0.39 is 0 Å². The molecule has 0 aliphatic rings. The summed E-state index contributed by atoms with van der Waals surface area (Å²) in [6, 6.07) is 8.81. The van der Waals surface area contributed by atoms with Gasteiger partial charge in [-0.1, -0.05) is 32.0 Å². The van der Waals surface area contributed by atoms with Gasteiger partial charge in [-0.15, -0.1) is 11.8 Å². The predicted molar refractivity (Wildman–Crippen MR) is 80.2 cm³/mol. The van der Waals surface area contributed by atoms with Gasteiger partial charge in [-0.05, 0) is 38.4 Å². The molecule has 3 heteroatoms. The molecule has 0 spiro atoms. The monoisotopic (exact) mass is 267 g/mol. The molecule has 0 saturated heterocycles. The first-order valence-electron chi connectivity index (χ1n) is 6.73. The van der Waals surface area contributed by atoms with Crippen molar-refractivity contribution < 1.29 is 5.11 Å². The van der Waals surface area contributed by atoms with Gasteiger partial charge in [-0.2, -0.15) is 0 Å². The van der Waals surface area contributed by atoms with E-state index in [-0.39, 0.29) is 11.4 Å². The van der Waals surface area contributed by atoms with E-state index in [9.17, 15) is 5.11 Å². The van der Waals surface area contributed by atoms with Crippen molar-refractivity contribution in [2.45, 2.75) is 56.4 Å². The molecule has 2 N–H and O–H groups in total. The third-order valence-corrected chi connectivity index (χ3v) is 4.47. The minimum Gasteiger partial charge on any atom is -0.392 e. The summed E-state index contributed by atoms with van der Waals surface area (Å²) in [6.45, 7) is 9.32. The van der Waals surface area contributed by atoms with E-state index in [4.69, 9.17) is 0 Å². The molecule has 3 unspecified atom stereocenters. The molecular formula is C15H25NOS. The third kappa shape index (κ3) is 4.63. The number of aliphatic hydroxyl groups excluding tert-OH is 1. The van der Waals surface area contributed by atoms with Crippen LogP contribution in [-0.2, 0) is 0 Å². The van der Waals surface area contributed by atoms with Crippen LogP contribution < -0.4 is 5.32 Å². The maximum Gasteiger partial charge on any atom is 0.0631 e. The van der Waals surface area contributed by atoms with Crippen molar-refractivity contribution in [3.8, 4) is 0 Å². The van der Waals surface area contributed by atoms with Gasteiger partial charge in [0.15, 0.2) is 0 Å². The van der Waals surface area contributed by atoms with Gasteiger partial charge in [0.2, 0.25) is 0 Å². The first kappa shape index (κ1) is 15.5. The predicted octanol–water partition coefficient (Wildman–Crippen LogP) is 3.61. The lowest BCUT2D eigenvalue weighted by Gasteiger charge is -2.20. The zero-order valence-electron chi connectivity index (χ0n) is 11.8.